The molecule has 2 aromatic rings. The Morgan fingerprint density at radius 2 is 1.86 bits per heavy atom. The van der Waals surface area contributed by atoms with Gasteiger partial charge in [0.05, 0.1) is 29.0 Å². The number of hydrogen-bond acceptors (Lipinski definition) is 4. The summed E-state index contributed by atoms with van der Waals surface area (Å²) in [6.07, 6.45) is 1.97. The second-order valence-corrected chi connectivity index (χ2v) is 11.1. The first kappa shape index (κ1) is 20.7. The van der Waals surface area contributed by atoms with Crippen LogP contribution in [0.4, 0.5) is 8.78 Å². The lowest BCUT2D eigenvalue weighted by atomic mass is 9.94. The maximum absolute atomic E-state index is 13.2. The number of benzene rings is 1. The van der Waals surface area contributed by atoms with Crippen molar-refractivity contribution >= 4 is 21.1 Å². The number of ether oxygens (including phenoxy) is 1. The van der Waals surface area contributed by atoms with Gasteiger partial charge >= 0.3 is 0 Å². The Hall–Kier alpha value is -1.58. The van der Waals surface area contributed by atoms with Crippen LogP contribution in [0.5, 0.6) is 0 Å². The molecule has 0 spiro atoms. The second kappa shape index (κ2) is 6.99. The van der Waals surface area contributed by atoms with Gasteiger partial charge in [-0.1, -0.05) is 20.8 Å². The van der Waals surface area contributed by atoms with Crippen molar-refractivity contribution < 1.29 is 21.9 Å². The van der Waals surface area contributed by atoms with Crippen molar-refractivity contribution in [3.63, 3.8) is 0 Å². The van der Waals surface area contributed by atoms with Gasteiger partial charge in [0, 0.05) is 25.2 Å². The second-order valence-electron chi connectivity index (χ2n) is 9.13. The molecule has 0 atom stereocenters. The minimum Gasteiger partial charge on any atom is -0.381 e. The maximum atomic E-state index is 13.2. The molecule has 2 saturated heterocycles. The average Bonchev–Trinajstić information content (AvgIpc) is 2.99. The third-order valence-corrected chi connectivity index (χ3v) is 7.41. The van der Waals surface area contributed by atoms with Crippen molar-refractivity contribution in [2.75, 3.05) is 26.3 Å². The van der Waals surface area contributed by atoms with E-state index in [0.717, 1.165) is 48.2 Å². The summed E-state index contributed by atoms with van der Waals surface area (Å²) in [6, 6.07) is 4.77. The van der Waals surface area contributed by atoms with Crippen LogP contribution < -0.4 is 0 Å². The number of hydrogen-bond donors (Lipinski definition) is 0. The smallest absolute Gasteiger partial charge is 0.275 e. The monoisotopic (exact) mass is 427 g/mol. The SMILES string of the molecule is CC(C)(C)c1nc2cc(S(=O)(=O)N3CC(F)(F)C3)ccc2n1CC1CCOCC1. The molecule has 160 valence electrons. The average molecular weight is 428 g/mol. The molecule has 0 bridgehead atoms. The summed E-state index contributed by atoms with van der Waals surface area (Å²) in [6.45, 7) is 7.02. The summed E-state index contributed by atoms with van der Waals surface area (Å²) in [7, 11) is -3.94. The Labute approximate surface area is 169 Å². The lowest BCUT2D eigenvalue weighted by Gasteiger charge is -2.37. The van der Waals surface area contributed by atoms with Gasteiger partial charge in [-0.15, -0.1) is 0 Å². The summed E-state index contributed by atoms with van der Waals surface area (Å²) in [5, 5.41) is 0. The van der Waals surface area contributed by atoms with Crippen molar-refractivity contribution in [1.29, 1.82) is 0 Å². The standard InChI is InChI=1S/C20H27F2N3O3S/c1-19(2,3)18-23-16-10-15(29(26,27)24-12-20(21,22)13-24)4-5-17(16)25(18)11-14-6-8-28-9-7-14/h4-5,10,14H,6-9,11-13H2,1-3H3. The molecule has 1 aromatic carbocycles. The maximum Gasteiger partial charge on any atom is 0.275 e. The molecule has 0 radical (unpaired) electrons. The van der Waals surface area contributed by atoms with Gasteiger partial charge in [-0.2, -0.15) is 4.31 Å². The molecular weight excluding hydrogens is 400 g/mol. The van der Waals surface area contributed by atoms with E-state index in [1.807, 2.05) is 0 Å². The Bertz CT molecular complexity index is 1010. The first-order valence-electron chi connectivity index (χ1n) is 9.94. The molecule has 0 saturated carbocycles. The zero-order valence-corrected chi connectivity index (χ0v) is 17.8. The lowest BCUT2D eigenvalue weighted by Crippen LogP contribution is -2.58. The molecule has 2 aliphatic heterocycles. The van der Waals surface area contributed by atoms with Crippen LogP contribution >= 0.6 is 0 Å². The predicted octanol–water partition coefficient (Wildman–Crippen LogP) is 3.40. The Kier molecular flexibility index (Phi) is 4.99. The van der Waals surface area contributed by atoms with Gasteiger partial charge in [-0.3, -0.25) is 0 Å². The van der Waals surface area contributed by atoms with Gasteiger partial charge < -0.3 is 9.30 Å². The van der Waals surface area contributed by atoms with E-state index in [2.05, 4.69) is 25.3 Å². The molecule has 4 rings (SSSR count). The fourth-order valence-electron chi connectivity index (χ4n) is 4.00. The van der Waals surface area contributed by atoms with Crippen LogP contribution in [-0.4, -0.2) is 54.5 Å². The molecule has 1 aromatic heterocycles. The molecule has 0 amide bonds. The number of alkyl halides is 2. The number of fused-ring (bicyclic) bond motifs is 1. The molecule has 0 unspecified atom stereocenters. The molecule has 3 heterocycles. The summed E-state index contributed by atoms with van der Waals surface area (Å²) in [4.78, 5) is 4.77. The van der Waals surface area contributed by atoms with E-state index in [0.29, 0.717) is 11.4 Å². The third-order valence-electron chi connectivity index (χ3n) is 5.63. The van der Waals surface area contributed by atoms with Crippen molar-refractivity contribution in [3.05, 3.63) is 24.0 Å². The third kappa shape index (κ3) is 3.92. The molecule has 2 fully saturated rings. The fourth-order valence-corrected chi connectivity index (χ4v) is 5.52. The molecule has 2 aliphatic rings. The predicted molar refractivity (Wildman–Crippen MR) is 106 cm³/mol. The number of halogens is 2. The Morgan fingerprint density at radius 3 is 2.45 bits per heavy atom. The van der Waals surface area contributed by atoms with Crippen LogP contribution in [0.3, 0.4) is 0 Å². The van der Waals surface area contributed by atoms with E-state index in [-0.39, 0.29) is 10.3 Å². The normalized spacial score (nSPS) is 21.4. The fraction of sp³-hybridized carbons (Fsp3) is 0.650. The number of nitrogens with zero attached hydrogens (tertiary/aromatic N) is 3. The Morgan fingerprint density at radius 1 is 1.21 bits per heavy atom. The van der Waals surface area contributed by atoms with Crippen LogP contribution in [0, 0.1) is 5.92 Å². The lowest BCUT2D eigenvalue weighted by molar-refractivity contribution is -0.0945. The summed E-state index contributed by atoms with van der Waals surface area (Å²) in [5.41, 5.74) is 1.23. The zero-order valence-electron chi connectivity index (χ0n) is 17.0. The molecule has 0 aliphatic carbocycles. The van der Waals surface area contributed by atoms with Gasteiger partial charge in [0.15, 0.2) is 0 Å². The van der Waals surface area contributed by atoms with Crippen molar-refractivity contribution in [2.24, 2.45) is 5.92 Å². The van der Waals surface area contributed by atoms with Gasteiger partial charge in [-0.05, 0) is 37.0 Å². The first-order valence-corrected chi connectivity index (χ1v) is 11.4. The van der Waals surface area contributed by atoms with Gasteiger partial charge in [0.1, 0.15) is 5.82 Å². The Balaban J connectivity index is 1.72. The summed E-state index contributed by atoms with van der Waals surface area (Å²) in [5.74, 6) is -1.57. The summed E-state index contributed by atoms with van der Waals surface area (Å²) >= 11 is 0. The van der Waals surface area contributed by atoms with Crippen LogP contribution in [0.2, 0.25) is 0 Å². The van der Waals surface area contributed by atoms with E-state index in [9.17, 15) is 17.2 Å². The van der Waals surface area contributed by atoms with Gasteiger partial charge in [0.2, 0.25) is 10.0 Å². The van der Waals surface area contributed by atoms with Crippen LogP contribution in [-0.2, 0) is 26.7 Å². The van der Waals surface area contributed by atoms with E-state index < -0.39 is 29.0 Å². The molecule has 9 heteroatoms. The van der Waals surface area contributed by atoms with Gasteiger partial charge in [-0.25, -0.2) is 22.2 Å². The largest absolute Gasteiger partial charge is 0.381 e. The number of rotatable bonds is 4. The highest BCUT2D eigenvalue weighted by Gasteiger charge is 2.49. The van der Waals surface area contributed by atoms with Crippen molar-refractivity contribution in [3.8, 4) is 0 Å². The van der Waals surface area contributed by atoms with Gasteiger partial charge in [0.25, 0.3) is 5.92 Å². The molecule has 0 N–H and O–H groups in total. The number of imidazole rings is 1. The van der Waals surface area contributed by atoms with Crippen molar-refractivity contribution in [2.45, 2.75) is 56.4 Å². The molecular formula is C20H27F2N3O3S. The number of aromatic nitrogens is 2. The first-order chi connectivity index (χ1) is 13.5. The minimum atomic E-state index is -3.94. The highest BCUT2D eigenvalue weighted by atomic mass is 32.2. The van der Waals surface area contributed by atoms with E-state index in [1.165, 1.54) is 12.1 Å². The highest BCUT2D eigenvalue weighted by Crippen LogP contribution is 2.34. The van der Waals surface area contributed by atoms with E-state index in [4.69, 9.17) is 9.72 Å². The summed E-state index contributed by atoms with van der Waals surface area (Å²) < 4.78 is 60.2. The van der Waals surface area contributed by atoms with Crippen molar-refractivity contribution in [1.82, 2.24) is 13.9 Å². The van der Waals surface area contributed by atoms with E-state index >= 15 is 0 Å². The quantitative estimate of drug-likeness (QED) is 0.750. The van der Waals surface area contributed by atoms with Crippen LogP contribution in [0.15, 0.2) is 23.1 Å². The van der Waals surface area contributed by atoms with Crippen LogP contribution in [0.25, 0.3) is 11.0 Å². The molecule has 29 heavy (non-hydrogen) atoms. The minimum absolute atomic E-state index is 0.0108. The highest BCUT2D eigenvalue weighted by molar-refractivity contribution is 7.89. The topological polar surface area (TPSA) is 64.4 Å². The zero-order chi connectivity index (χ0) is 21.0. The van der Waals surface area contributed by atoms with E-state index in [1.54, 1.807) is 6.07 Å². The number of sulfonamides is 1. The van der Waals surface area contributed by atoms with Crippen LogP contribution in [0.1, 0.15) is 39.4 Å². The molecule has 6 nitrogen and oxygen atoms in total.